The molecule has 0 radical (unpaired) electrons. The molecule has 0 spiro atoms. The third-order valence-electron chi connectivity index (χ3n) is 3.82. The third kappa shape index (κ3) is 1.33. The number of ether oxygens (including phenoxy) is 1. The summed E-state index contributed by atoms with van der Waals surface area (Å²) >= 11 is 0. The van der Waals surface area contributed by atoms with Crippen molar-refractivity contribution in [2.75, 3.05) is 7.11 Å². The van der Waals surface area contributed by atoms with Gasteiger partial charge in [0.2, 0.25) is 0 Å². The smallest absolute Gasteiger partial charge is 0.319 e. The summed E-state index contributed by atoms with van der Waals surface area (Å²) in [7, 11) is 1.36. The fourth-order valence-corrected chi connectivity index (χ4v) is 2.91. The lowest BCUT2D eigenvalue weighted by Crippen LogP contribution is -2.37. The van der Waals surface area contributed by atoms with Crippen LogP contribution in [0.25, 0.3) is 0 Å². The minimum absolute atomic E-state index is 0.0526. The molecular formula is C12H16O3. The number of hydrogen-bond donors (Lipinski definition) is 0. The molecule has 2 rings (SSSR count). The van der Waals surface area contributed by atoms with Gasteiger partial charge in [-0.15, -0.1) is 0 Å². The van der Waals surface area contributed by atoms with Gasteiger partial charge in [0.05, 0.1) is 7.11 Å². The Bertz CT molecular complexity index is 332. The summed E-state index contributed by atoms with van der Waals surface area (Å²) in [6.07, 6.45) is 3.79. The quantitative estimate of drug-likeness (QED) is 0.375. The van der Waals surface area contributed by atoms with Crippen molar-refractivity contribution in [3.8, 4) is 0 Å². The zero-order valence-corrected chi connectivity index (χ0v) is 9.04. The molecule has 0 N–H and O–H groups in total. The second kappa shape index (κ2) is 3.47. The van der Waals surface area contributed by atoms with Crippen molar-refractivity contribution in [1.29, 1.82) is 0 Å². The molecule has 3 heteroatoms. The molecule has 0 unspecified atom stereocenters. The van der Waals surface area contributed by atoms with Gasteiger partial charge in [-0.1, -0.05) is 12.2 Å². The average molecular weight is 208 g/mol. The van der Waals surface area contributed by atoms with Gasteiger partial charge < -0.3 is 4.74 Å². The predicted octanol–water partition coefficient (Wildman–Crippen LogP) is 1.86. The first-order chi connectivity index (χ1) is 7.12. The first-order valence-electron chi connectivity index (χ1n) is 5.42. The SMILES string of the molecule is C=C1CCC[C@@]2(C(=O)OC)CC[C@@H]1C2=O. The fourth-order valence-electron chi connectivity index (χ4n) is 2.91. The first-order valence-corrected chi connectivity index (χ1v) is 5.42. The molecule has 82 valence electrons. The van der Waals surface area contributed by atoms with E-state index in [-0.39, 0.29) is 17.7 Å². The Morgan fingerprint density at radius 1 is 1.53 bits per heavy atom. The molecule has 0 amide bonds. The largest absolute Gasteiger partial charge is 0.468 e. The summed E-state index contributed by atoms with van der Waals surface area (Å²) in [6, 6.07) is 0. The van der Waals surface area contributed by atoms with Crippen LogP contribution in [0.4, 0.5) is 0 Å². The highest BCUT2D eigenvalue weighted by molar-refractivity contribution is 6.07. The van der Waals surface area contributed by atoms with E-state index in [1.165, 1.54) is 7.11 Å². The second-order valence-corrected chi connectivity index (χ2v) is 4.54. The lowest BCUT2D eigenvalue weighted by molar-refractivity contribution is -0.157. The zero-order chi connectivity index (χ0) is 11.1. The highest BCUT2D eigenvalue weighted by Crippen LogP contribution is 2.49. The van der Waals surface area contributed by atoms with Gasteiger partial charge in [-0.25, -0.2) is 0 Å². The molecular weight excluding hydrogens is 192 g/mol. The van der Waals surface area contributed by atoms with Crippen molar-refractivity contribution in [1.82, 2.24) is 0 Å². The van der Waals surface area contributed by atoms with Crippen molar-refractivity contribution in [2.45, 2.75) is 32.1 Å². The molecule has 0 aliphatic heterocycles. The molecule has 2 aliphatic carbocycles. The van der Waals surface area contributed by atoms with Crippen molar-refractivity contribution < 1.29 is 14.3 Å². The highest BCUT2D eigenvalue weighted by atomic mass is 16.5. The van der Waals surface area contributed by atoms with Crippen LogP contribution in [0.2, 0.25) is 0 Å². The monoisotopic (exact) mass is 208 g/mol. The standard InChI is InChI=1S/C12H16O3/c1-8-4-3-6-12(11(14)15-2)7-5-9(8)10(12)13/h9H,1,3-7H2,2H3/t9-,12+/m0/s1. The number of hydrogen-bond acceptors (Lipinski definition) is 3. The van der Waals surface area contributed by atoms with E-state index >= 15 is 0 Å². The van der Waals surface area contributed by atoms with Crippen molar-refractivity contribution in [3.05, 3.63) is 12.2 Å². The Hall–Kier alpha value is -1.12. The van der Waals surface area contributed by atoms with Gasteiger partial charge in [0.15, 0.2) is 5.78 Å². The topological polar surface area (TPSA) is 43.4 Å². The Morgan fingerprint density at radius 2 is 2.27 bits per heavy atom. The Balaban J connectivity index is 2.37. The van der Waals surface area contributed by atoms with E-state index in [2.05, 4.69) is 6.58 Å². The Labute approximate surface area is 89.5 Å². The normalized spacial score (nSPS) is 35.1. The first kappa shape index (κ1) is 10.4. The van der Waals surface area contributed by atoms with Crippen molar-refractivity contribution in [3.63, 3.8) is 0 Å². The van der Waals surface area contributed by atoms with Crippen LogP contribution in [0.3, 0.4) is 0 Å². The van der Waals surface area contributed by atoms with E-state index in [1.807, 2.05) is 0 Å². The van der Waals surface area contributed by atoms with Gasteiger partial charge in [-0.05, 0) is 32.1 Å². The van der Waals surface area contributed by atoms with Crippen LogP contribution in [0.15, 0.2) is 12.2 Å². The number of ketones is 1. The van der Waals surface area contributed by atoms with E-state index in [0.717, 1.165) is 24.8 Å². The molecule has 0 saturated heterocycles. The molecule has 0 heterocycles. The van der Waals surface area contributed by atoms with Gasteiger partial charge in [0.25, 0.3) is 0 Å². The van der Waals surface area contributed by atoms with Gasteiger partial charge in [0, 0.05) is 5.92 Å². The van der Waals surface area contributed by atoms with Crippen LogP contribution in [-0.4, -0.2) is 18.9 Å². The minimum Gasteiger partial charge on any atom is -0.468 e. The minimum atomic E-state index is -0.834. The highest BCUT2D eigenvalue weighted by Gasteiger charge is 2.55. The maximum atomic E-state index is 12.2. The maximum Gasteiger partial charge on any atom is 0.319 e. The zero-order valence-electron chi connectivity index (χ0n) is 9.04. The van der Waals surface area contributed by atoms with Crippen molar-refractivity contribution >= 4 is 11.8 Å². The molecule has 0 aromatic heterocycles. The number of allylic oxidation sites excluding steroid dienone is 1. The second-order valence-electron chi connectivity index (χ2n) is 4.54. The molecule has 15 heavy (non-hydrogen) atoms. The van der Waals surface area contributed by atoms with Crippen LogP contribution in [0.1, 0.15) is 32.1 Å². The lowest BCUT2D eigenvalue weighted by Gasteiger charge is -2.22. The van der Waals surface area contributed by atoms with Gasteiger partial charge in [-0.3, -0.25) is 9.59 Å². The van der Waals surface area contributed by atoms with Gasteiger partial charge in [-0.2, -0.15) is 0 Å². The van der Waals surface area contributed by atoms with E-state index in [1.54, 1.807) is 0 Å². The summed E-state index contributed by atoms with van der Waals surface area (Å²) in [5, 5.41) is 0. The average Bonchev–Trinajstić information content (AvgIpc) is 2.48. The molecule has 0 aromatic rings. The number of Topliss-reactive ketones (excluding diaryl/α,β-unsaturated/α-hetero) is 1. The number of fused-ring (bicyclic) bond motifs is 2. The van der Waals surface area contributed by atoms with Crippen LogP contribution >= 0.6 is 0 Å². The van der Waals surface area contributed by atoms with E-state index in [9.17, 15) is 9.59 Å². The van der Waals surface area contributed by atoms with E-state index in [0.29, 0.717) is 12.8 Å². The van der Waals surface area contributed by atoms with Crippen molar-refractivity contribution in [2.24, 2.45) is 11.3 Å². The maximum absolute atomic E-state index is 12.2. The molecule has 2 bridgehead atoms. The lowest BCUT2D eigenvalue weighted by atomic mass is 9.81. The number of carbonyl (C=O) groups is 2. The number of esters is 1. The summed E-state index contributed by atoms with van der Waals surface area (Å²) < 4.78 is 4.78. The summed E-state index contributed by atoms with van der Waals surface area (Å²) in [5.41, 5.74) is 0.169. The molecule has 2 atom stereocenters. The van der Waals surface area contributed by atoms with E-state index in [4.69, 9.17) is 4.74 Å². The fraction of sp³-hybridized carbons (Fsp3) is 0.667. The Morgan fingerprint density at radius 3 is 2.93 bits per heavy atom. The van der Waals surface area contributed by atoms with E-state index < -0.39 is 5.41 Å². The Kier molecular flexibility index (Phi) is 2.41. The number of methoxy groups -OCH3 is 1. The summed E-state index contributed by atoms with van der Waals surface area (Å²) in [5.74, 6) is -0.381. The number of rotatable bonds is 1. The molecule has 2 fully saturated rings. The molecule has 0 aromatic carbocycles. The van der Waals surface area contributed by atoms with Gasteiger partial charge >= 0.3 is 5.97 Å². The van der Waals surface area contributed by atoms with Crippen LogP contribution in [0, 0.1) is 11.3 Å². The molecule has 2 saturated carbocycles. The van der Waals surface area contributed by atoms with Crippen LogP contribution < -0.4 is 0 Å². The van der Waals surface area contributed by atoms with Gasteiger partial charge in [0.1, 0.15) is 5.41 Å². The van der Waals surface area contributed by atoms with Crippen LogP contribution in [0.5, 0.6) is 0 Å². The number of carbonyl (C=O) groups excluding carboxylic acids is 2. The third-order valence-corrected chi connectivity index (χ3v) is 3.82. The predicted molar refractivity (Wildman–Crippen MR) is 55.2 cm³/mol. The molecule has 3 nitrogen and oxygen atoms in total. The summed E-state index contributed by atoms with van der Waals surface area (Å²) in [6.45, 7) is 3.95. The van der Waals surface area contributed by atoms with Crippen LogP contribution in [-0.2, 0) is 14.3 Å². The molecule has 2 aliphatic rings. The summed E-state index contributed by atoms with van der Waals surface area (Å²) in [4.78, 5) is 23.9.